The molecule has 438 valence electrons. The predicted octanol–water partition coefficient (Wildman–Crippen LogP) is 5.63. The van der Waals surface area contributed by atoms with Gasteiger partial charge in [0.25, 0.3) is 0 Å². The fraction of sp³-hybridized carbons (Fsp3) is 0.484. The second-order valence-electron chi connectivity index (χ2n) is 23.0. The number of carbonyl (C=O) groups is 8. The zero-order valence-electron chi connectivity index (χ0n) is 49.1. The molecule has 1 aliphatic rings. The van der Waals surface area contributed by atoms with Gasteiger partial charge in [0.2, 0.25) is 41.4 Å². The second kappa shape index (κ2) is 28.2. The molecule has 1 saturated heterocycles. The fourth-order valence-electron chi connectivity index (χ4n) is 9.96. The second-order valence-corrected chi connectivity index (χ2v) is 23.0. The van der Waals surface area contributed by atoms with Gasteiger partial charge in [-0.25, -0.2) is 4.79 Å². The van der Waals surface area contributed by atoms with Crippen molar-refractivity contribution in [1.82, 2.24) is 41.0 Å². The van der Waals surface area contributed by atoms with Crippen LogP contribution in [0.25, 0.3) is 10.9 Å². The quantitative estimate of drug-likeness (QED) is 0.0535. The topological polar surface area (TPSA) is 258 Å². The maximum Gasteiger partial charge on any atom is 0.338 e. The number of fused-ring (bicyclic) bond motifs is 1. The van der Waals surface area contributed by atoms with Crippen LogP contribution >= 0.6 is 0 Å². The molecular weight excluding hydrogens is 1030 g/mol. The normalized spacial score (nSPS) is 23.0. The number of aromatic nitrogens is 1. The van der Waals surface area contributed by atoms with Crippen LogP contribution in [-0.2, 0) is 43.8 Å². The van der Waals surface area contributed by atoms with Gasteiger partial charge in [-0.2, -0.15) is 0 Å². The number of allylic oxidation sites excluding steroid dienone is 2. The van der Waals surface area contributed by atoms with Gasteiger partial charge in [-0.3, -0.25) is 33.6 Å². The van der Waals surface area contributed by atoms with Crippen molar-refractivity contribution >= 4 is 58.2 Å². The van der Waals surface area contributed by atoms with Crippen LogP contribution in [0.5, 0.6) is 0 Å². The Kier molecular flexibility index (Phi) is 22.3. The number of hydrogen-bond acceptors (Lipinski definition) is 11. The first-order chi connectivity index (χ1) is 38.1. The molecule has 2 heterocycles. The van der Waals surface area contributed by atoms with Crippen LogP contribution in [0.15, 0.2) is 115 Å². The minimum Gasteiger partial charge on any atom is -0.462 e. The molecule has 1 aromatic heterocycles. The smallest absolute Gasteiger partial charge is 0.338 e. The number of ether oxygens (including phenoxy) is 1. The van der Waals surface area contributed by atoms with Crippen LogP contribution < -0.4 is 26.6 Å². The Balaban J connectivity index is 1.74. The summed E-state index contributed by atoms with van der Waals surface area (Å²) < 4.78 is 7.54. The van der Waals surface area contributed by atoms with Gasteiger partial charge in [0.05, 0.1) is 17.7 Å². The van der Waals surface area contributed by atoms with E-state index in [0.717, 1.165) is 10.5 Å². The molecule has 19 nitrogen and oxygen atoms in total. The Bertz CT molecular complexity index is 2920. The summed E-state index contributed by atoms with van der Waals surface area (Å²) in [6.07, 6.45) is 1.55. The summed E-state index contributed by atoms with van der Waals surface area (Å²) in [6.45, 7) is 23.1. The Morgan fingerprint density at radius 2 is 1.16 bits per heavy atom. The number of aliphatic hydroxyl groups is 2. The molecule has 5 rings (SSSR count). The van der Waals surface area contributed by atoms with E-state index in [-0.39, 0.29) is 42.1 Å². The number of benzene rings is 3. The van der Waals surface area contributed by atoms with Crippen molar-refractivity contribution < 1.29 is 53.3 Å². The van der Waals surface area contributed by atoms with Gasteiger partial charge in [0.1, 0.15) is 54.5 Å². The number of hydrogen-bond donors (Lipinski definition) is 7. The lowest BCUT2D eigenvalue weighted by molar-refractivity contribution is -0.146. The molecule has 0 spiro atoms. The lowest BCUT2D eigenvalue weighted by Gasteiger charge is -2.36. The first-order valence-corrected chi connectivity index (χ1v) is 27.7. The molecule has 0 radical (unpaired) electrons. The molecule has 1 fully saturated rings. The number of likely N-dealkylation sites (N-methyl/N-ethyl adjacent to an activating group) is 2. The van der Waals surface area contributed by atoms with E-state index in [9.17, 15) is 39.0 Å². The van der Waals surface area contributed by atoms with Gasteiger partial charge in [-0.05, 0) is 89.0 Å². The third kappa shape index (κ3) is 16.1. The van der Waals surface area contributed by atoms with Crippen LogP contribution in [0.1, 0.15) is 123 Å². The highest BCUT2D eigenvalue weighted by atomic mass is 16.5. The molecule has 3 aromatic carbocycles. The lowest BCUT2D eigenvalue weighted by atomic mass is 9.94. The van der Waals surface area contributed by atoms with Crippen molar-refractivity contribution in [1.29, 1.82) is 0 Å². The van der Waals surface area contributed by atoms with E-state index in [1.807, 2.05) is 58.2 Å². The lowest BCUT2D eigenvalue weighted by Crippen LogP contribution is -2.62. The number of amides is 7. The van der Waals surface area contributed by atoms with Gasteiger partial charge < -0.3 is 55.9 Å². The highest BCUT2D eigenvalue weighted by Crippen LogP contribution is 2.34. The Morgan fingerprint density at radius 3 is 1.74 bits per heavy atom. The van der Waals surface area contributed by atoms with E-state index in [2.05, 4.69) is 33.2 Å². The number of nitrogens with one attached hydrogen (secondary N) is 5. The zero-order valence-corrected chi connectivity index (χ0v) is 49.1. The average Bonchev–Trinajstić information content (AvgIpc) is 4.01. The van der Waals surface area contributed by atoms with Gasteiger partial charge in [0, 0.05) is 42.7 Å². The van der Waals surface area contributed by atoms with Gasteiger partial charge in [-0.1, -0.05) is 126 Å². The molecule has 81 heavy (non-hydrogen) atoms. The highest BCUT2D eigenvalue weighted by molar-refractivity contribution is 5.99. The van der Waals surface area contributed by atoms with Crippen molar-refractivity contribution in [2.24, 2.45) is 23.7 Å². The number of para-hydroxylation sites is 1. The molecule has 19 heteroatoms. The van der Waals surface area contributed by atoms with Crippen LogP contribution in [0.3, 0.4) is 0 Å². The summed E-state index contributed by atoms with van der Waals surface area (Å²) in [5.41, 5.74) is 1.49. The Labute approximate surface area is 476 Å². The SMILES string of the molecule is C=CC(C)(C)n1cc([C@@H](O)[C@@H]2NC(=O)[C@H]([C@H](C)C=C(C)C)NC(=O)[C@H](CC(C)C)N(C)C(=O)[C@H](C(C)C)NC(=O)[C@H]([C@H](O)c3ccccc3)NC(=O)[C@H](C)NC(=O)[C@H](C[C@@H](C)COC(=O)c3ccccc3)N(C)C2=O)c2ccccc21. The fourth-order valence-corrected chi connectivity index (χ4v) is 9.96. The van der Waals surface area contributed by atoms with E-state index in [1.54, 1.807) is 119 Å². The molecule has 7 N–H and O–H groups in total. The van der Waals surface area contributed by atoms with Gasteiger partial charge in [0.15, 0.2) is 0 Å². The monoisotopic (exact) mass is 1120 g/mol. The van der Waals surface area contributed by atoms with E-state index >= 15 is 9.59 Å². The maximum absolute atomic E-state index is 15.7. The first-order valence-electron chi connectivity index (χ1n) is 27.7. The van der Waals surface area contributed by atoms with Crippen molar-refractivity contribution in [3.8, 4) is 0 Å². The Morgan fingerprint density at radius 1 is 0.654 bits per heavy atom. The van der Waals surface area contributed by atoms with Gasteiger partial charge >= 0.3 is 5.97 Å². The van der Waals surface area contributed by atoms with Crippen LogP contribution in [0, 0.1) is 23.7 Å². The molecule has 0 saturated carbocycles. The van der Waals surface area contributed by atoms with E-state index in [0.29, 0.717) is 10.9 Å². The summed E-state index contributed by atoms with van der Waals surface area (Å²) in [5, 5.41) is 38.9. The Hall–Kier alpha value is -7.64. The minimum atomic E-state index is -1.87. The number of esters is 1. The number of carbonyl (C=O) groups excluding carboxylic acids is 8. The molecule has 1 aliphatic heterocycles. The standard InChI is InChI=1S/C62H84N8O11/c1-15-62(11,12)70-33-44(43-28-22-23-29-45(43)70)53(72)51-60(79)69(14)47(32-38(8)34-81-61(80)42-26-20-17-21-27-42)55(74)63-40(10)54(73)66-50(52(71)41-24-18-16-19-25-41)58(77)64-48(37(6)7)59(78)68(13)46(31-36(4)5)56(75)65-49(57(76)67-51)39(9)30-35(2)3/h15-30,33,36-40,46-53,71-72H,1,31-32,34H2,2-14H3,(H,63,74)(H,64,77)(H,65,75)(H,66,73)(H,67,76)/t38-,39-,40+,46+,47+,48+,49+,50+,51+,52-,53-/m1/s1. The maximum atomic E-state index is 15.7. The average molecular weight is 1120 g/mol. The molecule has 0 unspecified atom stereocenters. The molecular formula is C62H84N8O11. The summed E-state index contributed by atoms with van der Waals surface area (Å²) in [6, 6.07) is 12.9. The molecule has 7 amide bonds. The van der Waals surface area contributed by atoms with Crippen LogP contribution in [-0.4, -0.2) is 135 Å². The van der Waals surface area contributed by atoms with Crippen molar-refractivity contribution in [3.63, 3.8) is 0 Å². The summed E-state index contributed by atoms with van der Waals surface area (Å²) in [5.74, 6) is -8.89. The van der Waals surface area contributed by atoms with E-state index in [1.165, 1.54) is 25.9 Å². The molecule has 0 aliphatic carbocycles. The minimum absolute atomic E-state index is 0.101. The summed E-state index contributed by atoms with van der Waals surface area (Å²) in [4.78, 5) is 120. The van der Waals surface area contributed by atoms with Gasteiger partial charge in [-0.15, -0.1) is 6.58 Å². The predicted molar refractivity (Wildman–Crippen MR) is 310 cm³/mol. The summed E-state index contributed by atoms with van der Waals surface area (Å²) >= 11 is 0. The first kappa shape index (κ1) is 64.2. The summed E-state index contributed by atoms with van der Waals surface area (Å²) in [7, 11) is 2.72. The molecule has 4 aromatic rings. The van der Waals surface area contributed by atoms with E-state index in [4.69, 9.17) is 4.74 Å². The largest absolute Gasteiger partial charge is 0.462 e. The van der Waals surface area contributed by atoms with Crippen LogP contribution in [0.2, 0.25) is 0 Å². The third-order valence-electron chi connectivity index (χ3n) is 14.8. The van der Waals surface area contributed by atoms with Crippen molar-refractivity contribution in [2.75, 3.05) is 20.7 Å². The molecule has 11 atom stereocenters. The van der Waals surface area contributed by atoms with Crippen LogP contribution in [0.4, 0.5) is 0 Å². The van der Waals surface area contributed by atoms with Crippen molar-refractivity contribution in [2.45, 2.75) is 149 Å². The number of rotatable bonds is 16. The molecule has 0 bridgehead atoms. The number of nitrogens with zero attached hydrogens (tertiary/aromatic N) is 3. The highest BCUT2D eigenvalue weighted by Gasteiger charge is 2.43. The third-order valence-corrected chi connectivity index (χ3v) is 14.8. The number of aliphatic hydroxyl groups excluding tert-OH is 2. The van der Waals surface area contributed by atoms with Crippen molar-refractivity contribution in [3.05, 3.63) is 132 Å². The van der Waals surface area contributed by atoms with E-state index < -0.39 is 125 Å². The zero-order chi connectivity index (χ0) is 60.2.